The number of nitrogens with zero attached hydrogens (tertiary/aromatic N) is 3. The molecule has 19 heavy (non-hydrogen) atoms. The molecule has 0 aliphatic rings. The third-order valence-corrected chi connectivity index (χ3v) is 3.69. The van der Waals surface area contributed by atoms with Crippen molar-refractivity contribution in [3.8, 4) is 0 Å². The Hall–Kier alpha value is -1.60. The van der Waals surface area contributed by atoms with Crippen molar-refractivity contribution in [1.82, 2.24) is 15.2 Å². The highest BCUT2D eigenvalue weighted by atomic mass is 35.5. The normalized spacial score (nSPS) is 10.6. The first-order valence-corrected chi connectivity index (χ1v) is 6.82. The minimum atomic E-state index is -0.480. The van der Waals surface area contributed by atoms with Crippen LogP contribution >= 0.6 is 23.4 Å². The largest absolute Gasteiger partial charge is 0.270 e. The number of rotatable bonds is 5. The summed E-state index contributed by atoms with van der Waals surface area (Å²) in [5.74, 6) is 0.822. The van der Waals surface area contributed by atoms with Crippen molar-refractivity contribution in [2.75, 3.05) is 0 Å². The molecule has 2 aromatic rings. The van der Waals surface area contributed by atoms with Crippen molar-refractivity contribution >= 4 is 29.1 Å². The van der Waals surface area contributed by atoms with Gasteiger partial charge >= 0.3 is 0 Å². The SMILES string of the molecule is CCCc1nc(Sc2ccc([N+](=O)[O-])cc2Cl)n[nH]1. The van der Waals surface area contributed by atoms with E-state index in [1.165, 1.54) is 23.9 Å². The number of hydrogen-bond acceptors (Lipinski definition) is 5. The van der Waals surface area contributed by atoms with E-state index in [4.69, 9.17) is 11.6 Å². The predicted octanol–water partition coefficient (Wildman–Crippen LogP) is 3.47. The number of nitro groups is 1. The highest BCUT2D eigenvalue weighted by molar-refractivity contribution is 7.99. The van der Waals surface area contributed by atoms with E-state index >= 15 is 0 Å². The molecule has 1 aromatic carbocycles. The lowest BCUT2D eigenvalue weighted by Crippen LogP contribution is -1.88. The van der Waals surface area contributed by atoms with E-state index in [-0.39, 0.29) is 5.69 Å². The predicted molar refractivity (Wildman–Crippen MR) is 72.6 cm³/mol. The molecule has 0 aliphatic carbocycles. The first-order chi connectivity index (χ1) is 9.10. The molecular weight excluding hydrogens is 288 g/mol. The molecule has 0 saturated heterocycles. The number of aryl methyl sites for hydroxylation is 1. The fraction of sp³-hybridized carbons (Fsp3) is 0.273. The quantitative estimate of drug-likeness (QED) is 0.675. The fourth-order valence-electron chi connectivity index (χ4n) is 1.46. The van der Waals surface area contributed by atoms with Gasteiger partial charge in [-0.15, -0.1) is 5.10 Å². The lowest BCUT2D eigenvalue weighted by Gasteiger charge is -2.00. The second kappa shape index (κ2) is 6.03. The molecule has 2 rings (SSSR count). The summed E-state index contributed by atoms with van der Waals surface area (Å²) in [6.45, 7) is 2.06. The van der Waals surface area contributed by atoms with Gasteiger partial charge in [0.1, 0.15) is 5.82 Å². The van der Waals surface area contributed by atoms with Crippen LogP contribution in [0, 0.1) is 10.1 Å². The van der Waals surface area contributed by atoms with Gasteiger partial charge in [-0.05, 0) is 24.2 Å². The molecular formula is C11H11ClN4O2S. The first-order valence-electron chi connectivity index (χ1n) is 5.63. The maximum absolute atomic E-state index is 10.6. The number of non-ortho nitro benzene ring substituents is 1. The molecule has 0 amide bonds. The zero-order valence-electron chi connectivity index (χ0n) is 10.1. The molecule has 8 heteroatoms. The Kier molecular flexibility index (Phi) is 4.39. The average Bonchev–Trinajstić information content (AvgIpc) is 2.79. The summed E-state index contributed by atoms with van der Waals surface area (Å²) >= 11 is 7.27. The molecule has 1 aromatic heterocycles. The minimum Gasteiger partial charge on any atom is -0.262 e. The smallest absolute Gasteiger partial charge is 0.262 e. The monoisotopic (exact) mass is 298 g/mol. The number of aromatic amines is 1. The van der Waals surface area contributed by atoms with Gasteiger partial charge in [0, 0.05) is 23.4 Å². The van der Waals surface area contributed by atoms with Crippen LogP contribution in [0.1, 0.15) is 19.2 Å². The Morgan fingerprint density at radius 2 is 2.32 bits per heavy atom. The van der Waals surface area contributed by atoms with Gasteiger partial charge in [0.05, 0.1) is 9.95 Å². The van der Waals surface area contributed by atoms with Gasteiger partial charge < -0.3 is 0 Å². The van der Waals surface area contributed by atoms with Crippen LogP contribution in [0.3, 0.4) is 0 Å². The summed E-state index contributed by atoms with van der Waals surface area (Å²) in [5.41, 5.74) is -0.0315. The van der Waals surface area contributed by atoms with E-state index < -0.39 is 4.92 Å². The number of nitrogens with one attached hydrogen (secondary N) is 1. The second-order valence-corrected chi connectivity index (χ2v) is 5.20. The van der Waals surface area contributed by atoms with Gasteiger partial charge in [0.15, 0.2) is 0 Å². The van der Waals surface area contributed by atoms with Crippen molar-refractivity contribution in [2.24, 2.45) is 0 Å². The van der Waals surface area contributed by atoms with Crippen molar-refractivity contribution in [3.05, 3.63) is 39.2 Å². The van der Waals surface area contributed by atoms with E-state index in [9.17, 15) is 10.1 Å². The molecule has 1 heterocycles. The number of halogens is 1. The average molecular weight is 299 g/mol. The topological polar surface area (TPSA) is 84.7 Å². The first kappa shape index (κ1) is 13.8. The van der Waals surface area contributed by atoms with Crippen molar-refractivity contribution < 1.29 is 4.92 Å². The maximum atomic E-state index is 10.6. The van der Waals surface area contributed by atoms with Gasteiger partial charge in [-0.25, -0.2) is 4.98 Å². The maximum Gasteiger partial charge on any atom is 0.270 e. The Balaban J connectivity index is 2.16. The van der Waals surface area contributed by atoms with E-state index in [1.54, 1.807) is 6.07 Å². The molecule has 0 radical (unpaired) electrons. The Labute approximate surface area is 118 Å². The molecule has 0 aliphatic heterocycles. The van der Waals surface area contributed by atoms with Crippen LogP contribution in [0.5, 0.6) is 0 Å². The van der Waals surface area contributed by atoms with Crippen LogP contribution in [0.4, 0.5) is 5.69 Å². The number of aromatic nitrogens is 3. The second-order valence-electron chi connectivity index (χ2n) is 3.79. The van der Waals surface area contributed by atoms with Gasteiger partial charge in [-0.1, -0.05) is 18.5 Å². The summed E-state index contributed by atoms with van der Waals surface area (Å²) < 4.78 is 0. The zero-order chi connectivity index (χ0) is 13.8. The lowest BCUT2D eigenvalue weighted by molar-refractivity contribution is -0.384. The third kappa shape index (κ3) is 3.45. The Bertz CT molecular complexity index is 602. The fourth-order valence-corrected chi connectivity index (χ4v) is 2.48. The van der Waals surface area contributed by atoms with Crippen molar-refractivity contribution in [3.63, 3.8) is 0 Å². The zero-order valence-corrected chi connectivity index (χ0v) is 11.7. The van der Waals surface area contributed by atoms with Crippen LogP contribution in [0.25, 0.3) is 0 Å². The number of hydrogen-bond donors (Lipinski definition) is 1. The lowest BCUT2D eigenvalue weighted by atomic mass is 10.3. The van der Waals surface area contributed by atoms with Crippen molar-refractivity contribution in [2.45, 2.75) is 29.8 Å². The Morgan fingerprint density at radius 3 is 2.95 bits per heavy atom. The van der Waals surface area contributed by atoms with Crippen LogP contribution in [-0.2, 0) is 6.42 Å². The third-order valence-electron chi connectivity index (χ3n) is 2.33. The number of benzene rings is 1. The number of H-pyrrole nitrogens is 1. The van der Waals surface area contributed by atoms with E-state index in [2.05, 4.69) is 22.1 Å². The van der Waals surface area contributed by atoms with Gasteiger partial charge in [-0.3, -0.25) is 15.2 Å². The van der Waals surface area contributed by atoms with Crippen LogP contribution in [0.2, 0.25) is 5.02 Å². The number of nitro benzene ring substituents is 1. The van der Waals surface area contributed by atoms with E-state index in [0.717, 1.165) is 18.7 Å². The van der Waals surface area contributed by atoms with Crippen molar-refractivity contribution in [1.29, 1.82) is 0 Å². The van der Waals surface area contributed by atoms with E-state index in [0.29, 0.717) is 15.1 Å². The van der Waals surface area contributed by atoms with Crippen LogP contribution in [-0.4, -0.2) is 20.1 Å². The highest BCUT2D eigenvalue weighted by Gasteiger charge is 2.12. The molecule has 0 saturated carbocycles. The summed E-state index contributed by atoms with van der Waals surface area (Å²) in [4.78, 5) is 15.1. The summed E-state index contributed by atoms with van der Waals surface area (Å²) in [7, 11) is 0. The summed E-state index contributed by atoms with van der Waals surface area (Å²) in [6.07, 6.45) is 1.82. The summed E-state index contributed by atoms with van der Waals surface area (Å²) in [5, 5.41) is 18.4. The molecule has 6 nitrogen and oxygen atoms in total. The molecule has 0 bridgehead atoms. The molecule has 1 N–H and O–H groups in total. The molecule has 0 atom stereocenters. The minimum absolute atomic E-state index is 0.0315. The molecule has 0 unspecified atom stereocenters. The molecule has 0 fully saturated rings. The van der Waals surface area contributed by atoms with Crippen LogP contribution < -0.4 is 0 Å². The van der Waals surface area contributed by atoms with Gasteiger partial charge in [0.2, 0.25) is 5.16 Å². The van der Waals surface area contributed by atoms with Crippen LogP contribution in [0.15, 0.2) is 28.3 Å². The Morgan fingerprint density at radius 1 is 1.53 bits per heavy atom. The van der Waals surface area contributed by atoms with Gasteiger partial charge in [0.25, 0.3) is 5.69 Å². The molecule has 0 spiro atoms. The highest BCUT2D eigenvalue weighted by Crippen LogP contribution is 2.33. The standard InChI is InChI=1S/C11H11ClN4O2S/c1-2-3-10-13-11(15-14-10)19-9-5-4-7(16(17)18)6-8(9)12/h4-6H,2-3H2,1H3,(H,13,14,15). The van der Waals surface area contributed by atoms with E-state index in [1.807, 2.05) is 0 Å². The summed E-state index contributed by atoms with van der Waals surface area (Å²) in [6, 6.07) is 4.33. The van der Waals surface area contributed by atoms with Gasteiger partial charge in [-0.2, -0.15) is 0 Å². The molecule has 100 valence electrons.